The maximum atomic E-state index is 11.8. The number of carbonyl (C=O) groups excluding carboxylic acids is 1. The normalized spacial score (nSPS) is 21.7. The van der Waals surface area contributed by atoms with Crippen LogP contribution in [0.2, 0.25) is 0 Å². The van der Waals surface area contributed by atoms with Crippen LogP contribution in [0.5, 0.6) is 0 Å². The summed E-state index contributed by atoms with van der Waals surface area (Å²) in [7, 11) is 0. The Morgan fingerprint density at radius 2 is 2.30 bits per heavy atom. The van der Waals surface area contributed by atoms with Crippen LogP contribution >= 0.6 is 11.8 Å². The van der Waals surface area contributed by atoms with Crippen LogP contribution in [0.1, 0.15) is 24.8 Å². The van der Waals surface area contributed by atoms with Gasteiger partial charge in [0.05, 0.1) is 6.10 Å². The summed E-state index contributed by atoms with van der Waals surface area (Å²) in [6, 6.07) is 7.66. The second-order valence-corrected chi connectivity index (χ2v) is 6.09. The number of hydrogen-bond acceptors (Lipinski definition) is 3. The van der Waals surface area contributed by atoms with Gasteiger partial charge in [-0.25, -0.2) is 4.79 Å². The molecule has 5 heteroatoms. The van der Waals surface area contributed by atoms with Crippen molar-refractivity contribution in [3.05, 3.63) is 29.8 Å². The maximum Gasteiger partial charge on any atom is 0.319 e. The number of anilines is 1. The maximum absolute atomic E-state index is 11.8. The van der Waals surface area contributed by atoms with Crippen molar-refractivity contribution in [2.24, 2.45) is 5.92 Å². The largest absolute Gasteiger partial charge is 0.393 e. The SMILES string of the molecule is CSCc1cccc(NC(=O)NCC2CCCC2O)c1. The van der Waals surface area contributed by atoms with Gasteiger partial charge in [0.25, 0.3) is 0 Å². The fourth-order valence-electron chi connectivity index (χ4n) is 2.56. The minimum atomic E-state index is -0.264. The summed E-state index contributed by atoms with van der Waals surface area (Å²) in [5.41, 5.74) is 2.00. The monoisotopic (exact) mass is 294 g/mol. The Hall–Kier alpha value is -1.20. The Balaban J connectivity index is 1.80. The van der Waals surface area contributed by atoms with Crippen molar-refractivity contribution < 1.29 is 9.90 Å². The van der Waals surface area contributed by atoms with E-state index in [0.717, 1.165) is 30.7 Å². The standard InChI is InChI=1S/C15H22N2O2S/c1-20-10-11-4-2-6-13(8-11)17-15(19)16-9-12-5-3-7-14(12)18/h2,4,6,8,12,14,18H,3,5,7,9-10H2,1H3,(H2,16,17,19). The number of benzene rings is 1. The number of urea groups is 1. The van der Waals surface area contributed by atoms with Gasteiger partial charge in [0, 0.05) is 23.9 Å². The van der Waals surface area contributed by atoms with E-state index in [1.807, 2.05) is 18.2 Å². The van der Waals surface area contributed by atoms with E-state index in [9.17, 15) is 9.90 Å². The minimum absolute atomic E-state index is 0.198. The quantitative estimate of drug-likeness (QED) is 0.782. The van der Waals surface area contributed by atoms with E-state index >= 15 is 0 Å². The number of rotatable bonds is 5. The molecule has 0 radical (unpaired) electrons. The third kappa shape index (κ3) is 4.42. The van der Waals surface area contributed by atoms with Crippen molar-refractivity contribution in [3.8, 4) is 0 Å². The highest BCUT2D eigenvalue weighted by Crippen LogP contribution is 2.24. The van der Waals surface area contributed by atoms with Gasteiger partial charge < -0.3 is 15.7 Å². The average molecular weight is 294 g/mol. The molecule has 1 aromatic carbocycles. The molecule has 0 aliphatic heterocycles. The van der Waals surface area contributed by atoms with Crippen LogP contribution < -0.4 is 10.6 Å². The highest BCUT2D eigenvalue weighted by molar-refractivity contribution is 7.97. The summed E-state index contributed by atoms with van der Waals surface area (Å²) in [5.74, 6) is 1.13. The van der Waals surface area contributed by atoms with E-state index in [-0.39, 0.29) is 18.1 Å². The molecule has 1 saturated carbocycles. The summed E-state index contributed by atoms with van der Waals surface area (Å²) >= 11 is 1.75. The van der Waals surface area contributed by atoms with Gasteiger partial charge in [-0.3, -0.25) is 0 Å². The van der Waals surface area contributed by atoms with Gasteiger partial charge in [0.1, 0.15) is 0 Å². The van der Waals surface area contributed by atoms with Crippen molar-refractivity contribution in [2.75, 3.05) is 18.1 Å². The number of aliphatic hydroxyl groups is 1. The molecule has 4 nitrogen and oxygen atoms in total. The van der Waals surface area contributed by atoms with E-state index in [2.05, 4.69) is 23.0 Å². The molecule has 0 bridgehead atoms. The predicted molar refractivity (Wildman–Crippen MR) is 84.0 cm³/mol. The van der Waals surface area contributed by atoms with Crippen molar-refractivity contribution in [1.82, 2.24) is 5.32 Å². The van der Waals surface area contributed by atoms with Crippen LogP contribution in [0.3, 0.4) is 0 Å². The van der Waals surface area contributed by atoms with Crippen molar-refractivity contribution in [3.63, 3.8) is 0 Å². The first-order chi connectivity index (χ1) is 9.69. The number of nitrogens with one attached hydrogen (secondary N) is 2. The molecule has 1 aromatic rings. The summed E-state index contributed by atoms with van der Waals surface area (Å²) in [5, 5.41) is 15.4. The average Bonchev–Trinajstić information content (AvgIpc) is 2.83. The lowest BCUT2D eigenvalue weighted by atomic mass is 10.1. The lowest BCUT2D eigenvalue weighted by molar-refractivity contribution is 0.133. The molecular weight excluding hydrogens is 272 g/mol. The molecule has 0 aromatic heterocycles. The van der Waals surface area contributed by atoms with Crippen LogP contribution in [0.4, 0.5) is 10.5 Å². The zero-order valence-corrected chi connectivity index (χ0v) is 12.6. The van der Waals surface area contributed by atoms with Crippen molar-refractivity contribution in [2.45, 2.75) is 31.1 Å². The molecule has 3 N–H and O–H groups in total. The second-order valence-electron chi connectivity index (χ2n) is 5.23. The summed E-state index contributed by atoms with van der Waals surface area (Å²) in [6.07, 6.45) is 4.68. The molecular formula is C15H22N2O2S. The topological polar surface area (TPSA) is 61.4 Å². The second kappa shape index (κ2) is 7.55. The fourth-order valence-corrected chi connectivity index (χ4v) is 3.07. The van der Waals surface area contributed by atoms with Gasteiger partial charge in [0.15, 0.2) is 0 Å². The highest BCUT2D eigenvalue weighted by atomic mass is 32.2. The Labute approximate surface area is 124 Å². The summed E-state index contributed by atoms with van der Waals surface area (Å²) < 4.78 is 0. The fraction of sp³-hybridized carbons (Fsp3) is 0.533. The van der Waals surface area contributed by atoms with Gasteiger partial charge in [-0.05, 0) is 36.8 Å². The number of carbonyl (C=O) groups is 1. The van der Waals surface area contributed by atoms with Gasteiger partial charge >= 0.3 is 6.03 Å². The van der Waals surface area contributed by atoms with E-state index in [1.54, 1.807) is 11.8 Å². The van der Waals surface area contributed by atoms with Gasteiger partial charge in [-0.15, -0.1) is 0 Å². The van der Waals surface area contributed by atoms with Crippen LogP contribution in [0.15, 0.2) is 24.3 Å². The van der Waals surface area contributed by atoms with Crippen LogP contribution in [0, 0.1) is 5.92 Å². The first-order valence-electron chi connectivity index (χ1n) is 7.00. The Morgan fingerprint density at radius 1 is 1.45 bits per heavy atom. The van der Waals surface area contributed by atoms with Crippen molar-refractivity contribution in [1.29, 1.82) is 0 Å². The Morgan fingerprint density at radius 3 is 3.00 bits per heavy atom. The number of thioether (sulfide) groups is 1. The molecule has 0 heterocycles. The lowest BCUT2D eigenvalue weighted by Gasteiger charge is -2.15. The lowest BCUT2D eigenvalue weighted by Crippen LogP contribution is -2.35. The van der Waals surface area contributed by atoms with Gasteiger partial charge in [0.2, 0.25) is 0 Å². The number of hydrogen-bond donors (Lipinski definition) is 3. The van der Waals surface area contributed by atoms with Gasteiger partial charge in [-0.1, -0.05) is 18.6 Å². The highest BCUT2D eigenvalue weighted by Gasteiger charge is 2.25. The van der Waals surface area contributed by atoms with E-state index in [4.69, 9.17) is 0 Å². The Bertz CT molecular complexity index is 453. The molecule has 1 aliphatic rings. The number of amides is 2. The summed E-state index contributed by atoms with van der Waals surface area (Å²) in [4.78, 5) is 11.8. The Kier molecular flexibility index (Phi) is 5.73. The van der Waals surface area contributed by atoms with E-state index in [0.29, 0.717) is 6.54 Å². The molecule has 2 amide bonds. The van der Waals surface area contributed by atoms with Crippen LogP contribution in [-0.4, -0.2) is 30.0 Å². The summed E-state index contributed by atoms with van der Waals surface area (Å²) in [6.45, 7) is 0.539. The smallest absolute Gasteiger partial charge is 0.319 e. The molecule has 0 spiro atoms. The van der Waals surface area contributed by atoms with Crippen LogP contribution in [0.25, 0.3) is 0 Å². The van der Waals surface area contributed by atoms with E-state index < -0.39 is 0 Å². The van der Waals surface area contributed by atoms with Crippen molar-refractivity contribution >= 4 is 23.5 Å². The molecule has 1 aliphatic carbocycles. The minimum Gasteiger partial charge on any atom is -0.393 e. The zero-order valence-electron chi connectivity index (χ0n) is 11.8. The molecule has 2 unspecified atom stereocenters. The number of aliphatic hydroxyl groups excluding tert-OH is 1. The molecule has 110 valence electrons. The molecule has 0 saturated heterocycles. The predicted octanol–water partition coefficient (Wildman–Crippen LogP) is 2.83. The molecule has 2 atom stereocenters. The zero-order chi connectivity index (χ0) is 14.4. The third-order valence-corrected chi connectivity index (χ3v) is 4.26. The molecule has 20 heavy (non-hydrogen) atoms. The molecule has 1 fully saturated rings. The van der Waals surface area contributed by atoms with Crippen LogP contribution in [-0.2, 0) is 5.75 Å². The van der Waals surface area contributed by atoms with Gasteiger partial charge in [-0.2, -0.15) is 11.8 Å². The molecule has 2 rings (SSSR count). The third-order valence-electron chi connectivity index (χ3n) is 3.64. The van der Waals surface area contributed by atoms with E-state index in [1.165, 1.54) is 5.56 Å². The first-order valence-corrected chi connectivity index (χ1v) is 8.39. The first kappa shape index (κ1) is 15.2.